The molecule has 0 amide bonds. The molecule has 0 spiro atoms. The largest absolute Gasteiger partial charge is 0.393 e. The summed E-state index contributed by atoms with van der Waals surface area (Å²) in [4.78, 5) is 0. The van der Waals surface area contributed by atoms with Crippen molar-refractivity contribution < 1.29 is 10.2 Å². The molecule has 4 aliphatic rings. The molecular formula is C26H33ClO2. The van der Waals surface area contributed by atoms with Crippen LogP contribution in [0, 0.1) is 28.6 Å². The summed E-state index contributed by atoms with van der Waals surface area (Å²) in [6.45, 7) is 4.79. The first-order valence-corrected chi connectivity index (χ1v) is 11.7. The third-order valence-electron chi connectivity index (χ3n) is 9.17. The van der Waals surface area contributed by atoms with Crippen LogP contribution in [-0.2, 0) is 0 Å². The second kappa shape index (κ2) is 6.97. The Morgan fingerprint density at radius 1 is 1.00 bits per heavy atom. The van der Waals surface area contributed by atoms with E-state index >= 15 is 0 Å². The highest BCUT2D eigenvalue weighted by Gasteiger charge is 2.59. The van der Waals surface area contributed by atoms with E-state index in [2.05, 4.69) is 26.0 Å². The van der Waals surface area contributed by atoms with Gasteiger partial charge in [-0.1, -0.05) is 55.3 Å². The van der Waals surface area contributed by atoms with Crippen LogP contribution in [0.3, 0.4) is 0 Å². The van der Waals surface area contributed by atoms with E-state index in [1.54, 1.807) is 0 Å². The number of allylic oxidation sites excluding steroid dienone is 1. The van der Waals surface area contributed by atoms with E-state index in [1.807, 2.05) is 24.3 Å². The van der Waals surface area contributed by atoms with E-state index in [4.69, 9.17) is 11.6 Å². The fraction of sp³-hybridized carbons (Fsp3) is 0.615. The molecule has 3 saturated carbocycles. The van der Waals surface area contributed by atoms with Gasteiger partial charge < -0.3 is 10.2 Å². The summed E-state index contributed by atoms with van der Waals surface area (Å²) in [5.41, 5.74) is 4.06. The van der Waals surface area contributed by atoms with Gasteiger partial charge in [-0.15, -0.1) is 0 Å². The number of hydrogen-bond acceptors (Lipinski definition) is 2. The molecule has 5 rings (SSSR count). The molecule has 7 atom stereocenters. The molecule has 2 nitrogen and oxygen atoms in total. The van der Waals surface area contributed by atoms with Gasteiger partial charge in [0.1, 0.15) is 0 Å². The average Bonchev–Trinajstić information content (AvgIpc) is 2.95. The predicted octanol–water partition coefficient (Wildman–Crippen LogP) is 6.02. The van der Waals surface area contributed by atoms with Crippen molar-refractivity contribution in [2.45, 2.75) is 71.0 Å². The molecule has 0 radical (unpaired) electrons. The lowest BCUT2D eigenvalue weighted by Crippen LogP contribution is -2.51. The van der Waals surface area contributed by atoms with Crippen molar-refractivity contribution >= 4 is 17.7 Å². The van der Waals surface area contributed by atoms with Gasteiger partial charge in [0.2, 0.25) is 0 Å². The van der Waals surface area contributed by atoms with Gasteiger partial charge in [-0.25, -0.2) is 0 Å². The zero-order chi connectivity index (χ0) is 20.4. The maximum atomic E-state index is 11.3. The van der Waals surface area contributed by atoms with Gasteiger partial charge in [0.25, 0.3) is 0 Å². The lowest BCUT2D eigenvalue weighted by atomic mass is 9.48. The molecule has 2 N–H and O–H groups in total. The van der Waals surface area contributed by atoms with E-state index in [9.17, 15) is 10.2 Å². The molecule has 0 aliphatic heterocycles. The van der Waals surface area contributed by atoms with Gasteiger partial charge in [-0.05, 0) is 91.4 Å². The molecule has 156 valence electrons. The summed E-state index contributed by atoms with van der Waals surface area (Å²) in [6, 6.07) is 7.93. The monoisotopic (exact) mass is 412 g/mol. The number of hydrogen-bond donors (Lipinski definition) is 2. The number of halogens is 1. The standard InChI is InChI=1S/C26H33ClO2/c1-25-11-9-20(28)15-18(25)5-8-21-22(25)10-12-26(2)23(21)14-17(24(26)29)13-16-3-6-19(27)7-4-16/h3-7,13,20-24,28-29H,8-12,14-15H2,1-2H3/b17-13+/t20-,21-,22+,23-,24+,25-,26-/m1/s1. The number of rotatable bonds is 1. The number of fused-ring (bicyclic) bond motifs is 5. The van der Waals surface area contributed by atoms with Crippen LogP contribution in [0.1, 0.15) is 64.4 Å². The Morgan fingerprint density at radius 3 is 2.52 bits per heavy atom. The fourth-order valence-corrected chi connectivity index (χ4v) is 7.54. The number of benzene rings is 1. The zero-order valence-corrected chi connectivity index (χ0v) is 18.3. The third-order valence-corrected chi connectivity index (χ3v) is 9.42. The summed E-state index contributed by atoms with van der Waals surface area (Å²) in [6.07, 6.45) is 11.5. The van der Waals surface area contributed by atoms with E-state index in [1.165, 1.54) is 17.6 Å². The summed E-state index contributed by atoms with van der Waals surface area (Å²) in [5.74, 6) is 1.87. The second-order valence-corrected chi connectivity index (χ2v) is 11.0. The summed E-state index contributed by atoms with van der Waals surface area (Å²) in [5, 5.41) is 22.3. The highest BCUT2D eigenvalue weighted by molar-refractivity contribution is 6.30. The van der Waals surface area contributed by atoms with E-state index in [0.29, 0.717) is 17.8 Å². The second-order valence-electron chi connectivity index (χ2n) is 10.6. The maximum absolute atomic E-state index is 11.3. The molecule has 0 heterocycles. The normalized spacial score (nSPS) is 45.3. The van der Waals surface area contributed by atoms with Crippen molar-refractivity contribution in [2.24, 2.45) is 28.6 Å². The fourth-order valence-electron chi connectivity index (χ4n) is 7.41. The first-order valence-electron chi connectivity index (χ1n) is 11.3. The average molecular weight is 413 g/mol. The van der Waals surface area contributed by atoms with Crippen molar-refractivity contribution in [1.29, 1.82) is 0 Å². The molecular weight excluding hydrogens is 380 g/mol. The Labute approximate surface area is 179 Å². The van der Waals surface area contributed by atoms with Crippen molar-refractivity contribution in [3.8, 4) is 0 Å². The van der Waals surface area contributed by atoms with E-state index in [0.717, 1.165) is 49.1 Å². The van der Waals surface area contributed by atoms with Crippen LogP contribution in [0.4, 0.5) is 0 Å². The molecule has 0 unspecified atom stereocenters. The Kier molecular flexibility index (Phi) is 4.77. The molecule has 29 heavy (non-hydrogen) atoms. The van der Waals surface area contributed by atoms with Crippen LogP contribution >= 0.6 is 11.6 Å². The van der Waals surface area contributed by atoms with Gasteiger partial charge >= 0.3 is 0 Å². The molecule has 3 heteroatoms. The zero-order valence-electron chi connectivity index (χ0n) is 17.6. The van der Waals surface area contributed by atoms with Crippen molar-refractivity contribution in [3.05, 3.63) is 52.1 Å². The van der Waals surface area contributed by atoms with Crippen LogP contribution in [0.25, 0.3) is 6.08 Å². The summed E-state index contributed by atoms with van der Waals surface area (Å²) < 4.78 is 0. The van der Waals surface area contributed by atoms with Crippen LogP contribution < -0.4 is 0 Å². The van der Waals surface area contributed by atoms with Crippen LogP contribution in [0.5, 0.6) is 0 Å². The summed E-state index contributed by atoms with van der Waals surface area (Å²) >= 11 is 6.04. The minimum atomic E-state index is -0.351. The molecule has 4 aliphatic carbocycles. The summed E-state index contributed by atoms with van der Waals surface area (Å²) in [7, 11) is 0. The number of aliphatic hydroxyl groups is 2. The molecule has 1 aromatic carbocycles. The minimum Gasteiger partial charge on any atom is -0.393 e. The lowest BCUT2D eigenvalue weighted by molar-refractivity contribution is -0.0685. The van der Waals surface area contributed by atoms with Crippen LogP contribution in [-0.4, -0.2) is 22.4 Å². The van der Waals surface area contributed by atoms with Crippen LogP contribution in [0.15, 0.2) is 41.5 Å². The molecule has 0 aromatic heterocycles. The van der Waals surface area contributed by atoms with Crippen LogP contribution in [0.2, 0.25) is 5.02 Å². The molecule has 0 bridgehead atoms. The number of aliphatic hydroxyl groups excluding tert-OH is 2. The van der Waals surface area contributed by atoms with Gasteiger partial charge in [-0.2, -0.15) is 0 Å². The molecule has 3 fully saturated rings. The topological polar surface area (TPSA) is 40.5 Å². The SMILES string of the molecule is C[C@@]12CC[C@H]3[C@@H](CC=C4C[C@H](O)CC[C@]43C)[C@H]1C/C(=C\c1ccc(Cl)cc1)[C@@H]2O. The van der Waals surface area contributed by atoms with E-state index in [-0.39, 0.29) is 23.0 Å². The first-order chi connectivity index (χ1) is 13.8. The Morgan fingerprint density at radius 2 is 1.76 bits per heavy atom. The predicted molar refractivity (Wildman–Crippen MR) is 119 cm³/mol. The smallest absolute Gasteiger partial charge is 0.0809 e. The first kappa shape index (κ1) is 19.8. The Bertz CT molecular complexity index is 856. The lowest BCUT2D eigenvalue weighted by Gasteiger charge is -2.57. The van der Waals surface area contributed by atoms with Gasteiger partial charge in [0.15, 0.2) is 0 Å². The van der Waals surface area contributed by atoms with Crippen molar-refractivity contribution in [3.63, 3.8) is 0 Å². The highest BCUT2D eigenvalue weighted by Crippen LogP contribution is 2.65. The minimum absolute atomic E-state index is 0.0185. The Balaban J connectivity index is 1.46. The van der Waals surface area contributed by atoms with Gasteiger partial charge in [-0.3, -0.25) is 0 Å². The maximum Gasteiger partial charge on any atom is 0.0809 e. The van der Waals surface area contributed by atoms with Crippen molar-refractivity contribution in [1.82, 2.24) is 0 Å². The van der Waals surface area contributed by atoms with E-state index < -0.39 is 0 Å². The molecule has 0 saturated heterocycles. The Hall–Kier alpha value is -1.09. The quantitative estimate of drug-likeness (QED) is 0.554. The third kappa shape index (κ3) is 3.06. The van der Waals surface area contributed by atoms with Crippen molar-refractivity contribution in [2.75, 3.05) is 0 Å². The van der Waals surface area contributed by atoms with Gasteiger partial charge in [0, 0.05) is 10.4 Å². The molecule has 1 aromatic rings. The highest BCUT2D eigenvalue weighted by atomic mass is 35.5. The van der Waals surface area contributed by atoms with Gasteiger partial charge in [0.05, 0.1) is 12.2 Å².